The highest BCUT2D eigenvalue weighted by Gasteiger charge is 2.70. The molecule has 0 unspecified atom stereocenters. The molecular weight excluding hydrogens is 378 g/mol. The predicted octanol–water partition coefficient (Wildman–Crippen LogP) is 3.11. The zero-order valence-corrected chi connectivity index (χ0v) is 15.9. The summed E-state index contributed by atoms with van der Waals surface area (Å²) in [7, 11) is 0. The van der Waals surface area contributed by atoms with Gasteiger partial charge in [-0.05, 0) is 23.8 Å². The van der Waals surface area contributed by atoms with Gasteiger partial charge in [-0.2, -0.15) is 0 Å². The van der Waals surface area contributed by atoms with E-state index in [4.69, 9.17) is 9.83 Å². The number of carbonyl (C=O) groups excluding carboxylic acids is 2. The van der Waals surface area contributed by atoms with Crippen molar-refractivity contribution in [1.82, 2.24) is 5.32 Å². The lowest BCUT2D eigenvalue weighted by Gasteiger charge is -2.35. The molecule has 3 aromatic carbocycles. The van der Waals surface area contributed by atoms with Crippen LogP contribution in [-0.4, -0.2) is 23.6 Å². The van der Waals surface area contributed by atoms with Gasteiger partial charge in [-0.3, -0.25) is 19.7 Å². The summed E-state index contributed by atoms with van der Waals surface area (Å²) < 4.78 is 0. The molecule has 1 N–H and O–H groups in total. The van der Waals surface area contributed by atoms with Crippen molar-refractivity contribution in [2.24, 2.45) is 10.9 Å². The number of imide groups is 1. The Kier molecular flexibility index (Phi) is 3.49. The number of benzene rings is 3. The maximum atomic E-state index is 13.0. The lowest BCUT2D eigenvalue weighted by molar-refractivity contribution is -0.129. The summed E-state index contributed by atoms with van der Waals surface area (Å²) in [5.41, 5.74) is 2.97. The van der Waals surface area contributed by atoms with Gasteiger partial charge in [0.15, 0.2) is 6.10 Å². The van der Waals surface area contributed by atoms with E-state index >= 15 is 0 Å². The largest absolute Gasteiger partial charge is 0.294 e. The fraction of sp³-hybridized carbons (Fsp3) is 0.125. The zero-order valence-electron chi connectivity index (χ0n) is 15.9. The predicted molar refractivity (Wildman–Crippen MR) is 111 cm³/mol. The number of nitrogens with one attached hydrogen (secondary N) is 1. The number of anilines is 1. The fourth-order valence-electron chi connectivity index (χ4n) is 4.85. The highest BCUT2D eigenvalue weighted by molar-refractivity contribution is 6.23. The lowest BCUT2D eigenvalue weighted by atomic mass is 9.73. The smallest absolute Gasteiger partial charge is 0.259 e. The van der Waals surface area contributed by atoms with Gasteiger partial charge in [0.1, 0.15) is 11.5 Å². The SMILES string of the molecule is O=C1NC(=O)[C@@H]2ON3c4ccccc4C(=Nc4ccccc4)[C@]3(c3ccccc3)[C@H]12. The van der Waals surface area contributed by atoms with Crippen LogP contribution in [0.5, 0.6) is 0 Å². The minimum Gasteiger partial charge on any atom is -0.294 e. The molecule has 0 bridgehead atoms. The molecule has 3 aliphatic rings. The molecule has 0 radical (unpaired) electrons. The van der Waals surface area contributed by atoms with Gasteiger partial charge >= 0.3 is 0 Å². The lowest BCUT2D eigenvalue weighted by Crippen LogP contribution is -2.50. The summed E-state index contributed by atoms with van der Waals surface area (Å²) in [6.07, 6.45) is -0.896. The van der Waals surface area contributed by atoms with Crippen molar-refractivity contribution in [2.45, 2.75) is 11.6 Å². The highest BCUT2D eigenvalue weighted by Crippen LogP contribution is 2.57. The molecule has 2 saturated heterocycles. The molecule has 0 saturated carbocycles. The van der Waals surface area contributed by atoms with Crippen LogP contribution in [-0.2, 0) is 20.0 Å². The topological polar surface area (TPSA) is 71.0 Å². The van der Waals surface area contributed by atoms with Gasteiger partial charge in [0.2, 0.25) is 5.91 Å². The Hall–Kier alpha value is -3.77. The number of aliphatic imine (C=N–C) groups is 1. The molecule has 0 spiro atoms. The van der Waals surface area contributed by atoms with Crippen LogP contribution in [0, 0.1) is 5.92 Å². The van der Waals surface area contributed by atoms with Crippen molar-refractivity contribution in [3.8, 4) is 0 Å². The van der Waals surface area contributed by atoms with Crippen molar-refractivity contribution >= 4 is 28.9 Å². The number of para-hydroxylation sites is 2. The molecule has 30 heavy (non-hydrogen) atoms. The van der Waals surface area contributed by atoms with E-state index in [1.807, 2.05) is 84.9 Å². The second-order valence-corrected chi connectivity index (χ2v) is 7.60. The minimum atomic E-state index is -1.04. The number of carbonyl (C=O) groups is 2. The maximum absolute atomic E-state index is 13.0. The molecule has 0 aromatic heterocycles. The van der Waals surface area contributed by atoms with Crippen molar-refractivity contribution < 1.29 is 14.4 Å². The number of nitrogens with zero attached hydrogens (tertiary/aromatic N) is 2. The third-order valence-corrected chi connectivity index (χ3v) is 6.03. The third-order valence-electron chi connectivity index (χ3n) is 6.03. The van der Waals surface area contributed by atoms with E-state index in [2.05, 4.69) is 5.32 Å². The summed E-state index contributed by atoms with van der Waals surface area (Å²) in [6, 6.07) is 27.1. The molecule has 3 aromatic rings. The minimum absolute atomic E-state index is 0.343. The summed E-state index contributed by atoms with van der Waals surface area (Å²) in [5, 5.41) is 4.18. The van der Waals surface area contributed by atoms with E-state index < -0.39 is 23.5 Å². The van der Waals surface area contributed by atoms with Gasteiger partial charge in [-0.15, -0.1) is 0 Å². The normalized spacial score (nSPS) is 27.7. The van der Waals surface area contributed by atoms with Crippen molar-refractivity contribution in [3.05, 3.63) is 96.1 Å². The molecule has 3 atom stereocenters. The third kappa shape index (κ3) is 2.08. The zero-order chi connectivity index (χ0) is 20.3. The first-order valence-corrected chi connectivity index (χ1v) is 9.82. The van der Waals surface area contributed by atoms with E-state index in [0.717, 1.165) is 22.5 Å². The van der Waals surface area contributed by atoms with Gasteiger partial charge < -0.3 is 0 Å². The second-order valence-electron chi connectivity index (χ2n) is 7.60. The van der Waals surface area contributed by atoms with Gasteiger partial charge in [0.25, 0.3) is 5.91 Å². The van der Waals surface area contributed by atoms with Crippen LogP contribution in [0.1, 0.15) is 11.1 Å². The van der Waals surface area contributed by atoms with Gasteiger partial charge in [-0.25, -0.2) is 10.1 Å². The second kappa shape index (κ2) is 6.11. The average Bonchev–Trinajstić information content (AvgIpc) is 3.37. The number of rotatable bonds is 2. The van der Waals surface area contributed by atoms with Crippen LogP contribution in [0.2, 0.25) is 0 Å². The molecular formula is C24H17N3O3. The van der Waals surface area contributed by atoms with Crippen LogP contribution < -0.4 is 10.4 Å². The standard InChI is InChI=1S/C24H17N3O3/c28-22-19-20(23(29)26-22)30-27-18-14-8-7-13-17(18)21(25-16-11-5-2-6-12-16)24(19,27)15-9-3-1-4-10-15/h1-14,19-20H,(H,26,28,29)/t19-,20+,24-/m0/s1. The summed E-state index contributed by atoms with van der Waals surface area (Å²) in [4.78, 5) is 36.7. The number of amides is 2. The quantitative estimate of drug-likeness (QED) is 0.677. The number of fused-ring (bicyclic) bond motifs is 5. The molecule has 6 heteroatoms. The Bertz CT molecular complexity index is 1210. The van der Waals surface area contributed by atoms with Crippen molar-refractivity contribution in [1.29, 1.82) is 0 Å². The molecule has 146 valence electrons. The molecule has 2 amide bonds. The molecule has 6 rings (SSSR count). The molecule has 3 aliphatic heterocycles. The Balaban J connectivity index is 1.70. The molecule has 6 nitrogen and oxygen atoms in total. The number of hydroxylamine groups is 1. The van der Waals surface area contributed by atoms with Crippen LogP contribution in [0.25, 0.3) is 0 Å². The van der Waals surface area contributed by atoms with Crippen LogP contribution in [0.3, 0.4) is 0 Å². The van der Waals surface area contributed by atoms with E-state index in [1.165, 1.54) is 0 Å². The van der Waals surface area contributed by atoms with Gasteiger partial charge in [-0.1, -0.05) is 66.7 Å². The Labute approximate surface area is 172 Å². The Morgan fingerprint density at radius 3 is 2.27 bits per heavy atom. The van der Waals surface area contributed by atoms with Crippen molar-refractivity contribution in [3.63, 3.8) is 0 Å². The first-order valence-electron chi connectivity index (χ1n) is 9.82. The fourth-order valence-corrected chi connectivity index (χ4v) is 4.85. The first kappa shape index (κ1) is 17.1. The molecule has 2 fully saturated rings. The van der Waals surface area contributed by atoms with Crippen LogP contribution in [0.15, 0.2) is 89.9 Å². The maximum Gasteiger partial charge on any atom is 0.259 e. The van der Waals surface area contributed by atoms with E-state index in [9.17, 15) is 9.59 Å². The molecule has 0 aliphatic carbocycles. The number of hydrogen-bond acceptors (Lipinski definition) is 5. The Morgan fingerprint density at radius 2 is 1.50 bits per heavy atom. The average molecular weight is 395 g/mol. The molecule has 3 heterocycles. The summed E-state index contributed by atoms with van der Waals surface area (Å²) in [5.74, 6) is -1.50. The Morgan fingerprint density at radius 1 is 0.833 bits per heavy atom. The van der Waals surface area contributed by atoms with E-state index in [1.54, 1.807) is 5.06 Å². The van der Waals surface area contributed by atoms with Crippen molar-refractivity contribution in [2.75, 3.05) is 5.06 Å². The van der Waals surface area contributed by atoms with Gasteiger partial charge in [0.05, 0.1) is 17.1 Å². The summed E-state index contributed by atoms with van der Waals surface area (Å²) in [6.45, 7) is 0. The number of hydrogen-bond donors (Lipinski definition) is 1. The van der Waals surface area contributed by atoms with E-state index in [-0.39, 0.29) is 5.91 Å². The van der Waals surface area contributed by atoms with Gasteiger partial charge in [0, 0.05) is 5.56 Å². The van der Waals surface area contributed by atoms with E-state index in [0.29, 0.717) is 5.71 Å². The van der Waals surface area contributed by atoms with Crippen LogP contribution >= 0.6 is 0 Å². The van der Waals surface area contributed by atoms with Crippen LogP contribution in [0.4, 0.5) is 11.4 Å². The monoisotopic (exact) mass is 395 g/mol. The summed E-state index contributed by atoms with van der Waals surface area (Å²) >= 11 is 0. The highest BCUT2D eigenvalue weighted by atomic mass is 16.7. The first-order chi connectivity index (χ1) is 14.7.